The first kappa shape index (κ1) is 23.4. The molecule has 0 aliphatic carbocycles. The zero-order chi connectivity index (χ0) is 22.9. The number of nitrogens with one attached hydrogen (secondary N) is 1. The molecular formula is C24H22Cl2N2O4. The molecule has 0 radical (unpaired) electrons. The van der Waals surface area contributed by atoms with E-state index in [2.05, 4.69) is 10.5 Å². The molecular weight excluding hydrogens is 451 g/mol. The smallest absolute Gasteiger partial charge is 0.271 e. The maximum Gasteiger partial charge on any atom is 0.271 e. The minimum absolute atomic E-state index is 0.264. The lowest BCUT2D eigenvalue weighted by atomic mass is 10.2. The van der Waals surface area contributed by atoms with Crippen LogP contribution in [0, 0.1) is 0 Å². The Kier molecular flexibility index (Phi) is 8.36. The average Bonchev–Trinajstić information content (AvgIpc) is 2.79. The Morgan fingerprint density at radius 2 is 1.88 bits per heavy atom. The molecule has 3 aromatic carbocycles. The van der Waals surface area contributed by atoms with Crippen molar-refractivity contribution in [2.75, 3.05) is 13.7 Å². The van der Waals surface area contributed by atoms with Gasteiger partial charge in [0.05, 0.1) is 19.9 Å². The molecule has 6 nitrogen and oxygen atoms in total. The summed E-state index contributed by atoms with van der Waals surface area (Å²) in [5, 5.41) is 5.13. The minimum atomic E-state index is -0.343. The second-order valence-electron chi connectivity index (χ2n) is 6.59. The Balaban J connectivity index is 1.67. The summed E-state index contributed by atoms with van der Waals surface area (Å²) >= 11 is 12.1. The van der Waals surface area contributed by atoms with Gasteiger partial charge in [0.1, 0.15) is 12.4 Å². The molecule has 0 fully saturated rings. The number of hydrogen-bond acceptors (Lipinski definition) is 5. The van der Waals surface area contributed by atoms with E-state index < -0.39 is 0 Å². The molecule has 0 atom stereocenters. The van der Waals surface area contributed by atoms with E-state index in [4.69, 9.17) is 37.4 Å². The third kappa shape index (κ3) is 6.39. The SMILES string of the molecule is CCOc1cc(/C=N/NC(=O)c2cccc(OC)c2)ccc1OCc1ccc(Cl)cc1Cl. The molecule has 0 saturated carbocycles. The molecule has 0 aromatic heterocycles. The maximum atomic E-state index is 12.3. The summed E-state index contributed by atoms with van der Waals surface area (Å²) < 4.78 is 16.7. The molecule has 1 N–H and O–H groups in total. The summed E-state index contributed by atoms with van der Waals surface area (Å²) in [7, 11) is 1.54. The van der Waals surface area contributed by atoms with Gasteiger partial charge in [-0.3, -0.25) is 4.79 Å². The van der Waals surface area contributed by atoms with E-state index in [9.17, 15) is 4.79 Å². The number of hydrazone groups is 1. The van der Waals surface area contributed by atoms with E-state index in [1.54, 1.807) is 55.6 Å². The van der Waals surface area contributed by atoms with Gasteiger partial charge in [0.2, 0.25) is 0 Å². The number of carbonyl (C=O) groups is 1. The number of methoxy groups -OCH3 is 1. The molecule has 0 spiro atoms. The van der Waals surface area contributed by atoms with Crippen LogP contribution in [0.25, 0.3) is 0 Å². The third-order valence-corrected chi connectivity index (χ3v) is 4.96. The van der Waals surface area contributed by atoms with Crippen LogP contribution in [-0.4, -0.2) is 25.8 Å². The number of halogens is 2. The number of nitrogens with zero attached hydrogens (tertiary/aromatic N) is 1. The lowest BCUT2D eigenvalue weighted by molar-refractivity contribution is 0.0955. The molecule has 0 saturated heterocycles. The van der Waals surface area contributed by atoms with Crippen molar-refractivity contribution in [1.82, 2.24) is 5.43 Å². The molecule has 32 heavy (non-hydrogen) atoms. The number of benzene rings is 3. The van der Waals surface area contributed by atoms with Crippen LogP contribution in [0.5, 0.6) is 17.2 Å². The third-order valence-electron chi connectivity index (χ3n) is 4.38. The van der Waals surface area contributed by atoms with Crippen LogP contribution in [0.3, 0.4) is 0 Å². The average molecular weight is 473 g/mol. The van der Waals surface area contributed by atoms with E-state index >= 15 is 0 Å². The fraction of sp³-hybridized carbons (Fsp3) is 0.167. The first-order valence-corrected chi connectivity index (χ1v) is 10.6. The largest absolute Gasteiger partial charge is 0.497 e. The first-order valence-electron chi connectivity index (χ1n) is 9.81. The van der Waals surface area contributed by atoms with Crippen LogP contribution >= 0.6 is 23.2 Å². The van der Waals surface area contributed by atoms with E-state index in [1.807, 2.05) is 19.1 Å². The normalized spacial score (nSPS) is 10.8. The minimum Gasteiger partial charge on any atom is -0.497 e. The van der Waals surface area contributed by atoms with Crippen molar-refractivity contribution < 1.29 is 19.0 Å². The van der Waals surface area contributed by atoms with Crippen molar-refractivity contribution in [2.24, 2.45) is 5.10 Å². The highest BCUT2D eigenvalue weighted by atomic mass is 35.5. The summed E-state index contributed by atoms with van der Waals surface area (Å²) in [6, 6.07) is 17.4. The number of amides is 1. The van der Waals surface area contributed by atoms with Gasteiger partial charge in [-0.15, -0.1) is 0 Å². The Morgan fingerprint density at radius 1 is 1.03 bits per heavy atom. The van der Waals surface area contributed by atoms with Crippen molar-refractivity contribution in [3.8, 4) is 17.2 Å². The molecule has 0 aliphatic rings. The predicted octanol–water partition coefficient (Wildman–Crippen LogP) is 5.74. The van der Waals surface area contributed by atoms with Gasteiger partial charge in [-0.25, -0.2) is 5.43 Å². The van der Waals surface area contributed by atoms with Crippen LogP contribution in [0.2, 0.25) is 10.0 Å². The molecule has 0 unspecified atom stereocenters. The Labute approximate surface area is 196 Å². The Bertz CT molecular complexity index is 1120. The van der Waals surface area contributed by atoms with Crippen molar-refractivity contribution in [2.45, 2.75) is 13.5 Å². The van der Waals surface area contributed by atoms with Crippen LogP contribution in [0.1, 0.15) is 28.4 Å². The van der Waals surface area contributed by atoms with E-state index in [0.717, 1.165) is 11.1 Å². The van der Waals surface area contributed by atoms with Gasteiger partial charge >= 0.3 is 0 Å². The van der Waals surface area contributed by atoms with Crippen LogP contribution < -0.4 is 19.6 Å². The van der Waals surface area contributed by atoms with Crippen LogP contribution in [0.4, 0.5) is 0 Å². The molecule has 8 heteroatoms. The summed E-state index contributed by atoms with van der Waals surface area (Å²) in [4.78, 5) is 12.3. The highest BCUT2D eigenvalue weighted by molar-refractivity contribution is 6.35. The molecule has 1 amide bonds. The summed E-state index contributed by atoms with van der Waals surface area (Å²) in [6.07, 6.45) is 1.53. The molecule has 3 rings (SSSR count). The van der Waals surface area contributed by atoms with E-state index in [-0.39, 0.29) is 12.5 Å². The first-order chi connectivity index (χ1) is 15.5. The number of hydrogen-bond donors (Lipinski definition) is 1. The zero-order valence-electron chi connectivity index (χ0n) is 17.6. The maximum absolute atomic E-state index is 12.3. The Hall–Kier alpha value is -3.22. The molecule has 0 aliphatic heterocycles. The lowest BCUT2D eigenvalue weighted by Gasteiger charge is -2.13. The monoisotopic (exact) mass is 472 g/mol. The highest BCUT2D eigenvalue weighted by Crippen LogP contribution is 2.30. The lowest BCUT2D eigenvalue weighted by Crippen LogP contribution is -2.17. The van der Waals surface area contributed by atoms with Crippen molar-refractivity contribution in [3.05, 3.63) is 87.4 Å². The topological polar surface area (TPSA) is 69.2 Å². The summed E-state index contributed by atoms with van der Waals surface area (Å²) in [6.45, 7) is 2.61. The second kappa shape index (κ2) is 11.4. The number of carbonyl (C=O) groups excluding carboxylic acids is 1. The fourth-order valence-electron chi connectivity index (χ4n) is 2.78. The van der Waals surface area contributed by atoms with E-state index in [1.165, 1.54) is 6.21 Å². The van der Waals surface area contributed by atoms with Crippen molar-refractivity contribution in [3.63, 3.8) is 0 Å². The van der Waals surface area contributed by atoms with Crippen molar-refractivity contribution >= 4 is 35.3 Å². The molecule has 0 bridgehead atoms. The van der Waals surface area contributed by atoms with Gasteiger partial charge in [0.25, 0.3) is 5.91 Å². The molecule has 3 aromatic rings. The van der Waals surface area contributed by atoms with Crippen LogP contribution in [0.15, 0.2) is 65.8 Å². The van der Waals surface area contributed by atoms with Gasteiger partial charge in [0.15, 0.2) is 11.5 Å². The van der Waals surface area contributed by atoms with Gasteiger partial charge < -0.3 is 14.2 Å². The van der Waals surface area contributed by atoms with Crippen LogP contribution in [-0.2, 0) is 6.61 Å². The summed E-state index contributed by atoms with van der Waals surface area (Å²) in [5.41, 5.74) is 4.49. The Morgan fingerprint density at radius 3 is 2.62 bits per heavy atom. The molecule has 0 heterocycles. The van der Waals surface area contributed by atoms with Gasteiger partial charge in [0, 0.05) is 21.2 Å². The summed E-state index contributed by atoms with van der Waals surface area (Å²) in [5.74, 6) is 1.37. The predicted molar refractivity (Wildman–Crippen MR) is 126 cm³/mol. The van der Waals surface area contributed by atoms with E-state index in [0.29, 0.717) is 39.5 Å². The van der Waals surface area contributed by atoms with Crippen molar-refractivity contribution in [1.29, 1.82) is 0 Å². The van der Waals surface area contributed by atoms with Gasteiger partial charge in [-0.2, -0.15) is 5.10 Å². The quantitative estimate of drug-likeness (QED) is 0.318. The molecule has 166 valence electrons. The number of rotatable bonds is 9. The van der Waals surface area contributed by atoms with Gasteiger partial charge in [-0.05, 0) is 61.0 Å². The standard InChI is InChI=1S/C24H22Cl2N2O4/c1-3-31-23-11-16(14-27-28-24(29)17-5-4-6-20(12-17)30-2)7-10-22(23)32-15-18-8-9-19(25)13-21(18)26/h4-14H,3,15H2,1-2H3,(H,28,29)/b27-14+. The van der Waals surface area contributed by atoms with Gasteiger partial charge in [-0.1, -0.05) is 35.3 Å². The number of ether oxygens (including phenoxy) is 3. The fourth-order valence-corrected chi connectivity index (χ4v) is 3.24. The second-order valence-corrected chi connectivity index (χ2v) is 7.44. The zero-order valence-corrected chi connectivity index (χ0v) is 19.1. The highest BCUT2D eigenvalue weighted by Gasteiger charge is 2.09.